The predicted molar refractivity (Wildman–Crippen MR) is 154 cm³/mol. The maximum Gasteiger partial charge on any atom is 0.226 e. The molecule has 0 fully saturated rings. The quantitative estimate of drug-likeness (QED) is 0.230. The van der Waals surface area contributed by atoms with Crippen LogP contribution in [0.3, 0.4) is 0 Å². The molecule has 7 aromatic rings. The minimum absolute atomic E-state index is 0.178. The van der Waals surface area contributed by atoms with Gasteiger partial charge in [0.1, 0.15) is 0 Å². The van der Waals surface area contributed by atoms with Crippen molar-refractivity contribution in [2.75, 3.05) is 0 Å². The van der Waals surface area contributed by atoms with Crippen LogP contribution in [0, 0.1) is 0 Å². The van der Waals surface area contributed by atoms with Crippen LogP contribution in [-0.2, 0) is 0 Å². The monoisotopic (exact) mass is 493 g/mol. The van der Waals surface area contributed by atoms with E-state index in [0.717, 1.165) is 22.1 Å². The number of benzene rings is 6. The SMILES string of the molecule is Clc1nc(-c2ccc(-c3cc4ccccc4c4ccccc34)cc2)nc(-c2ccc3ccccc3c2)n1. The first kappa shape index (κ1) is 21.7. The minimum Gasteiger partial charge on any atom is -0.208 e. The maximum atomic E-state index is 6.35. The van der Waals surface area contributed by atoms with Gasteiger partial charge in [0, 0.05) is 11.1 Å². The van der Waals surface area contributed by atoms with Crippen LogP contribution in [0.1, 0.15) is 0 Å². The van der Waals surface area contributed by atoms with E-state index in [1.807, 2.05) is 18.2 Å². The highest BCUT2D eigenvalue weighted by atomic mass is 35.5. The number of halogens is 1. The Kier molecular flexibility index (Phi) is 5.16. The molecule has 1 aromatic heterocycles. The molecule has 0 aliphatic rings. The largest absolute Gasteiger partial charge is 0.226 e. The summed E-state index contributed by atoms with van der Waals surface area (Å²) in [5.74, 6) is 1.11. The Hall–Kier alpha value is -4.60. The highest BCUT2D eigenvalue weighted by molar-refractivity contribution is 6.28. The molecule has 0 unspecified atom stereocenters. The van der Waals surface area contributed by atoms with E-state index in [2.05, 4.69) is 113 Å². The van der Waals surface area contributed by atoms with Crippen molar-refractivity contribution in [3.05, 3.63) is 127 Å². The molecular weight excluding hydrogens is 474 g/mol. The van der Waals surface area contributed by atoms with E-state index < -0.39 is 0 Å². The Morgan fingerprint density at radius 3 is 1.76 bits per heavy atom. The molecule has 37 heavy (non-hydrogen) atoms. The topological polar surface area (TPSA) is 38.7 Å². The average molecular weight is 494 g/mol. The van der Waals surface area contributed by atoms with Crippen molar-refractivity contribution in [3.63, 3.8) is 0 Å². The Morgan fingerprint density at radius 2 is 0.973 bits per heavy atom. The fraction of sp³-hybridized carbons (Fsp3) is 0. The molecule has 0 spiro atoms. The highest BCUT2D eigenvalue weighted by Gasteiger charge is 2.12. The molecule has 0 aliphatic heterocycles. The van der Waals surface area contributed by atoms with E-state index in [1.165, 1.54) is 32.5 Å². The first-order valence-corrected chi connectivity index (χ1v) is 12.5. The number of rotatable bonds is 3. The summed E-state index contributed by atoms with van der Waals surface area (Å²) in [7, 11) is 0. The molecule has 0 saturated heterocycles. The van der Waals surface area contributed by atoms with Crippen molar-refractivity contribution >= 4 is 43.9 Å². The molecule has 174 valence electrons. The molecule has 1 heterocycles. The summed E-state index contributed by atoms with van der Waals surface area (Å²) in [6.07, 6.45) is 0. The molecule has 0 atom stereocenters. The Balaban J connectivity index is 1.30. The summed E-state index contributed by atoms with van der Waals surface area (Å²) in [5.41, 5.74) is 4.13. The van der Waals surface area contributed by atoms with Crippen LogP contribution in [0.2, 0.25) is 5.28 Å². The van der Waals surface area contributed by atoms with Gasteiger partial charge in [-0.15, -0.1) is 0 Å². The van der Waals surface area contributed by atoms with Gasteiger partial charge in [-0.05, 0) is 67.2 Å². The first-order chi connectivity index (χ1) is 18.2. The zero-order valence-corrected chi connectivity index (χ0v) is 20.5. The summed E-state index contributed by atoms with van der Waals surface area (Å²) in [6, 6.07) is 42.1. The third-order valence-corrected chi connectivity index (χ3v) is 7.01. The summed E-state index contributed by atoms with van der Waals surface area (Å²) in [5, 5.41) is 7.45. The lowest BCUT2D eigenvalue weighted by molar-refractivity contribution is 1.07. The first-order valence-electron chi connectivity index (χ1n) is 12.1. The molecular formula is C33H20ClN3. The lowest BCUT2D eigenvalue weighted by atomic mass is 9.93. The number of nitrogens with zero attached hydrogens (tertiary/aromatic N) is 3. The molecule has 4 heteroatoms. The summed E-state index contributed by atoms with van der Waals surface area (Å²) in [6.45, 7) is 0. The smallest absolute Gasteiger partial charge is 0.208 e. The Bertz CT molecular complexity index is 1940. The van der Waals surface area contributed by atoms with Crippen molar-refractivity contribution in [1.82, 2.24) is 15.0 Å². The molecule has 0 radical (unpaired) electrons. The van der Waals surface area contributed by atoms with Crippen molar-refractivity contribution in [1.29, 1.82) is 0 Å². The summed E-state index contributed by atoms with van der Waals surface area (Å²) < 4.78 is 0. The van der Waals surface area contributed by atoms with E-state index in [4.69, 9.17) is 16.6 Å². The van der Waals surface area contributed by atoms with Gasteiger partial charge in [0.2, 0.25) is 5.28 Å². The fourth-order valence-corrected chi connectivity index (χ4v) is 5.19. The van der Waals surface area contributed by atoms with Gasteiger partial charge in [-0.3, -0.25) is 0 Å². The number of aromatic nitrogens is 3. The van der Waals surface area contributed by atoms with Crippen LogP contribution >= 0.6 is 11.6 Å². The molecule has 7 rings (SSSR count). The van der Waals surface area contributed by atoms with Crippen molar-refractivity contribution in [2.24, 2.45) is 0 Å². The van der Waals surface area contributed by atoms with Crippen molar-refractivity contribution in [3.8, 4) is 33.9 Å². The van der Waals surface area contributed by atoms with Crippen LogP contribution in [0.25, 0.3) is 66.2 Å². The van der Waals surface area contributed by atoms with Crippen molar-refractivity contribution in [2.45, 2.75) is 0 Å². The van der Waals surface area contributed by atoms with Gasteiger partial charge in [0.05, 0.1) is 0 Å². The molecule has 6 aromatic carbocycles. The molecule has 0 saturated carbocycles. The third kappa shape index (κ3) is 3.90. The number of hydrogen-bond donors (Lipinski definition) is 0. The summed E-state index contributed by atoms with van der Waals surface area (Å²) >= 11 is 6.35. The van der Waals surface area contributed by atoms with E-state index in [1.54, 1.807) is 0 Å². The standard InChI is InChI=1S/C33H20ClN3/c34-33-36-31(35-32(37-33)26-18-13-21-7-1-2-8-24(21)19-26)23-16-14-22(15-17-23)30-20-25-9-3-4-10-27(25)28-11-5-6-12-29(28)30/h1-20H. The van der Waals surface area contributed by atoms with E-state index in [0.29, 0.717) is 11.6 Å². The average Bonchev–Trinajstić information content (AvgIpc) is 2.96. The zero-order chi connectivity index (χ0) is 24.8. The molecule has 0 N–H and O–H groups in total. The predicted octanol–water partition coefficient (Wildman–Crippen LogP) is 8.99. The van der Waals surface area contributed by atoms with E-state index in [9.17, 15) is 0 Å². The lowest BCUT2D eigenvalue weighted by Gasteiger charge is -2.12. The summed E-state index contributed by atoms with van der Waals surface area (Å²) in [4.78, 5) is 13.6. The van der Waals surface area contributed by atoms with Crippen LogP contribution in [-0.4, -0.2) is 15.0 Å². The second-order valence-electron chi connectivity index (χ2n) is 9.08. The molecule has 0 amide bonds. The maximum absolute atomic E-state index is 6.35. The fourth-order valence-electron chi connectivity index (χ4n) is 5.03. The van der Waals surface area contributed by atoms with Gasteiger partial charge < -0.3 is 0 Å². The van der Waals surface area contributed by atoms with Gasteiger partial charge in [0.15, 0.2) is 11.6 Å². The Morgan fingerprint density at radius 1 is 0.405 bits per heavy atom. The highest BCUT2D eigenvalue weighted by Crippen LogP contribution is 2.35. The number of fused-ring (bicyclic) bond motifs is 4. The van der Waals surface area contributed by atoms with Crippen molar-refractivity contribution < 1.29 is 0 Å². The molecule has 0 bridgehead atoms. The van der Waals surface area contributed by atoms with Gasteiger partial charge in [0.25, 0.3) is 0 Å². The lowest BCUT2D eigenvalue weighted by Crippen LogP contribution is -1.97. The second kappa shape index (κ2) is 8.81. The van der Waals surface area contributed by atoms with Gasteiger partial charge >= 0.3 is 0 Å². The number of hydrogen-bond acceptors (Lipinski definition) is 3. The van der Waals surface area contributed by atoms with E-state index in [-0.39, 0.29) is 5.28 Å². The zero-order valence-electron chi connectivity index (χ0n) is 19.8. The normalized spacial score (nSPS) is 11.4. The second-order valence-corrected chi connectivity index (χ2v) is 9.42. The van der Waals surface area contributed by atoms with Crippen LogP contribution < -0.4 is 0 Å². The van der Waals surface area contributed by atoms with Crippen LogP contribution in [0.5, 0.6) is 0 Å². The molecule has 3 nitrogen and oxygen atoms in total. The van der Waals surface area contributed by atoms with Gasteiger partial charge in [-0.25, -0.2) is 4.98 Å². The third-order valence-electron chi connectivity index (χ3n) is 6.84. The minimum atomic E-state index is 0.178. The van der Waals surface area contributed by atoms with Gasteiger partial charge in [-0.1, -0.05) is 109 Å². The molecule has 0 aliphatic carbocycles. The van der Waals surface area contributed by atoms with E-state index >= 15 is 0 Å². The van der Waals surface area contributed by atoms with Gasteiger partial charge in [-0.2, -0.15) is 9.97 Å². The van der Waals surface area contributed by atoms with Crippen LogP contribution in [0.4, 0.5) is 0 Å². The Labute approximate surface area is 219 Å². The van der Waals surface area contributed by atoms with Crippen LogP contribution in [0.15, 0.2) is 121 Å².